The van der Waals surface area contributed by atoms with Crippen molar-refractivity contribution in [3.05, 3.63) is 35.4 Å². The minimum Gasteiger partial charge on any atom is -0.299 e. The lowest BCUT2D eigenvalue weighted by Gasteiger charge is -2.03. The Labute approximate surface area is 81.7 Å². The lowest BCUT2D eigenvalue weighted by molar-refractivity contribution is -0.118. The molecule has 0 unspecified atom stereocenters. The number of carbonyl (C=O) groups is 1. The smallest absolute Gasteiger partial charge is 0.263 e. The van der Waals surface area contributed by atoms with Crippen molar-refractivity contribution in [2.75, 3.05) is 0 Å². The predicted molar refractivity (Wildman–Crippen MR) is 50.4 cm³/mol. The Morgan fingerprint density at radius 2 is 2.14 bits per heavy atom. The first kappa shape index (κ1) is 10.8. The van der Waals surface area contributed by atoms with Gasteiger partial charge in [-0.15, -0.1) is 0 Å². The summed E-state index contributed by atoms with van der Waals surface area (Å²) in [5.74, 6) is 0.0661. The molecule has 14 heavy (non-hydrogen) atoms. The van der Waals surface area contributed by atoms with Crippen LogP contribution < -0.4 is 0 Å². The third-order valence-corrected chi connectivity index (χ3v) is 2.00. The molecular formula is C11H12F2O. The second-order valence-corrected chi connectivity index (χ2v) is 3.11. The maximum atomic E-state index is 12.3. The summed E-state index contributed by atoms with van der Waals surface area (Å²) in [5.41, 5.74) is 0.640. The number of ketones is 1. The topological polar surface area (TPSA) is 17.1 Å². The fraction of sp³-hybridized carbons (Fsp3) is 0.364. The van der Waals surface area contributed by atoms with E-state index in [0.29, 0.717) is 12.0 Å². The standard InChI is InChI=1S/C11H12F2O/c1-2-10(14)7-8-4-3-5-9(6-8)11(12)13/h3-6,11H,2,7H2,1H3. The van der Waals surface area contributed by atoms with E-state index >= 15 is 0 Å². The number of carbonyl (C=O) groups excluding carboxylic acids is 1. The van der Waals surface area contributed by atoms with Crippen LogP contribution in [0.3, 0.4) is 0 Å². The summed E-state index contributed by atoms with van der Waals surface area (Å²) in [6.07, 6.45) is -1.78. The van der Waals surface area contributed by atoms with Gasteiger partial charge in [0.05, 0.1) is 0 Å². The molecule has 0 saturated heterocycles. The summed E-state index contributed by atoms with van der Waals surface area (Å²) in [6, 6.07) is 6.00. The van der Waals surface area contributed by atoms with Gasteiger partial charge < -0.3 is 0 Å². The largest absolute Gasteiger partial charge is 0.299 e. The Bertz CT molecular complexity index is 321. The second-order valence-electron chi connectivity index (χ2n) is 3.11. The van der Waals surface area contributed by atoms with E-state index in [1.807, 2.05) is 0 Å². The molecule has 76 valence electrons. The highest BCUT2D eigenvalue weighted by Gasteiger charge is 2.08. The molecule has 0 spiro atoms. The zero-order valence-electron chi connectivity index (χ0n) is 7.97. The normalized spacial score (nSPS) is 10.6. The third kappa shape index (κ3) is 2.91. The lowest BCUT2D eigenvalue weighted by atomic mass is 10.1. The zero-order chi connectivity index (χ0) is 10.6. The average Bonchev–Trinajstić information content (AvgIpc) is 2.18. The number of halogens is 2. The van der Waals surface area contributed by atoms with Gasteiger partial charge in [-0.1, -0.05) is 25.1 Å². The van der Waals surface area contributed by atoms with Crippen molar-refractivity contribution in [3.8, 4) is 0 Å². The molecule has 0 bridgehead atoms. The minimum atomic E-state index is -2.47. The van der Waals surface area contributed by atoms with Crippen LogP contribution in [0.5, 0.6) is 0 Å². The maximum absolute atomic E-state index is 12.3. The van der Waals surface area contributed by atoms with E-state index in [9.17, 15) is 13.6 Å². The number of alkyl halides is 2. The van der Waals surface area contributed by atoms with Crippen LogP contribution in [-0.4, -0.2) is 5.78 Å². The van der Waals surface area contributed by atoms with Crippen LogP contribution in [0.1, 0.15) is 30.9 Å². The summed E-state index contributed by atoms with van der Waals surface area (Å²) in [5, 5.41) is 0. The van der Waals surface area contributed by atoms with Crippen LogP contribution in [-0.2, 0) is 11.2 Å². The van der Waals surface area contributed by atoms with Crippen LogP contribution in [0, 0.1) is 0 Å². The van der Waals surface area contributed by atoms with Crippen molar-refractivity contribution >= 4 is 5.78 Å². The van der Waals surface area contributed by atoms with Crippen LogP contribution in [0.4, 0.5) is 8.78 Å². The van der Waals surface area contributed by atoms with Crippen LogP contribution in [0.15, 0.2) is 24.3 Å². The van der Waals surface area contributed by atoms with Crippen LogP contribution in [0.2, 0.25) is 0 Å². The monoisotopic (exact) mass is 198 g/mol. The van der Waals surface area contributed by atoms with Crippen molar-refractivity contribution < 1.29 is 13.6 Å². The van der Waals surface area contributed by atoms with E-state index in [2.05, 4.69) is 0 Å². The molecule has 0 amide bonds. The summed E-state index contributed by atoms with van der Waals surface area (Å²) in [6.45, 7) is 1.76. The summed E-state index contributed by atoms with van der Waals surface area (Å²) in [7, 11) is 0. The molecule has 0 aliphatic carbocycles. The lowest BCUT2D eigenvalue weighted by Crippen LogP contribution is -2.00. The van der Waals surface area contributed by atoms with E-state index in [-0.39, 0.29) is 17.8 Å². The Morgan fingerprint density at radius 3 is 2.71 bits per heavy atom. The zero-order valence-corrected chi connectivity index (χ0v) is 7.97. The number of hydrogen-bond donors (Lipinski definition) is 0. The molecule has 0 N–H and O–H groups in total. The van der Waals surface area contributed by atoms with Gasteiger partial charge in [0.1, 0.15) is 5.78 Å². The molecule has 1 nitrogen and oxygen atoms in total. The fourth-order valence-corrected chi connectivity index (χ4v) is 1.19. The van der Waals surface area contributed by atoms with E-state index in [1.54, 1.807) is 19.1 Å². The number of benzene rings is 1. The first-order valence-electron chi connectivity index (χ1n) is 4.52. The van der Waals surface area contributed by atoms with Crippen molar-refractivity contribution in [2.24, 2.45) is 0 Å². The molecule has 3 heteroatoms. The van der Waals surface area contributed by atoms with Gasteiger partial charge in [0, 0.05) is 18.4 Å². The highest BCUT2D eigenvalue weighted by Crippen LogP contribution is 2.19. The molecule has 0 heterocycles. The Kier molecular flexibility index (Phi) is 3.74. The Balaban J connectivity index is 2.78. The van der Waals surface area contributed by atoms with Gasteiger partial charge in [0.25, 0.3) is 6.43 Å². The molecule has 0 saturated carbocycles. The average molecular weight is 198 g/mol. The van der Waals surface area contributed by atoms with E-state index in [0.717, 1.165) is 0 Å². The maximum Gasteiger partial charge on any atom is 0.263 e. The molecule has 0 aromatic heterocycles. The van der Waals surface area contributed by atoms with Gasteiger partial charge in [0.2, 0.25) is 0 Å². The minimum absolute atomic E-state index is 0.0218. The summed E-state index contributed by atoms with van der Waals surface area (Å²) < 4.78 is 24.6. The Hall–Kier alpha value is -1.25. The quantitative estimate of drug-likeness (QED) is 0.726. The van der Waals surface area contributed by atoms with Gasteiger partial charge in [-0.2, -0.15) is 0 Å². The van der Waals surface area contributed by atoms with Crippen molar-refractivity contribution in [1.82, 2.24) is 0 Å². The third-order valence-electron chi connectivity index (χ3n) is 2.00. The van der Waals surface area contributed by atoms with E-state index in [4.69, 9.17) is 0 Å². The van der Waals surface area contributed by atoms with Crippen LogP contribution in [0.25, 0.3) is 0 Å². The first-order chi connectivity index (χ1) is 6.63. The summed E-state index contributed by atoms with van der Waals surface area (Å²) >= 11 is 0. The van der Waals surface area contributed by atoms with Gasteiger partial charge in [-0.3, -0.25) is 4.79 Å². The van der Waals surface area contributed by atoms with Gasteiger partial charge in [0.15, 0.2) is 0 Å². The van der Waals surface area contributed by atoms with E-state index in [1.165, 1.54) is 12.1 Å². The molecule has 0 radical (unpaired) electrons. The first-order valence-corrected chi connectivity index (χ1v) is 4.52. The van der Waals surface area contributed by atoms with Gasteiger partial charge in [-0.05, 0) is 11.6 Å². The molecule has 0 aliphatic heterocycles. The number of hydrogen-bond acceptors (Lipinski definition) is 1. The molecule has 0 atom stereocenters. The van der Waals surface area contributed by atoms with Crippen molar-refractivity contribution in [2.45, 2.75) is 26.2 Å². The molecule has 0 aliphatic rings. The Morgan fingerprint density at radius 1 is 1.43 bits per heavy atom. The van der Waals surface area contributed by atoms with Crippen LogP contribution >= 0.6 is 0 Å². The SMILES string of the molecule is CCC(=O)Cc1cccc(C(F)F)c1. The number of Topliss-reactive ketones (excluding diaryl/α,β-unsaturated/α-hetero) is 1. The fourth-order valence-electron chi connectivity index (χ4n) is 1.19. The molecule has 1 rings (SSSR count). The predicted octanol–water partition coefficient (Wildman–Crippen LogP) is 3.15. The second kappa shape index (κ2) is 4.84. The van der Waals surface area contributed by atoms with Crippen molar-refractivity contribution in [3.63, 3.8) is 0 Å². The molecular weight excluding hydrogens is 186 g/mol. The highest BCUT2D eigenvalue weighted by atomic mass is 19.3. The van der Waals surface area contributed by atoms with Gasteiger partial charge in [-0.25, -0.2) is 8.78 Å². The molecule has 1 aromatic rings. The highest BCUT2D eigenvalue weighted by molar-refractivity contribution is 5.80. The number of rotatable bonds is 4. The van der Waals surface area contributed by atoms with Crippen molar-refractivity contribution in [1.29, 1.82) is 0 Å². The molecule has 0 fully saturated rings. The molecule has 1 aromatic carbocycles. The van der Waals surface area contributed by atoms with E-state index < -0.39 is 6.43 Å². The summed E-state index contributed by atoms with van der Waals surface area (Å²) in [4.78, 5) is 11.1. The van der Waals surface area contributed by atoms with Gasteiger partial charge >= 0.3 is 0 Å².